The Kier molecular flexibility index (Phi) is 6.23. The number of likely N-dealkylation sites (N-methyl/N-ethyl adjacent to an activating group) is 1. The van der Waals surface area contributed by atoms with Crippen LogP contribution < -0.4 is 10.2 Å². The molecule has 2 heterocycles. The van der Waals surface area contributed by atoms with Gasteiger partial charge in [-0.15, -0.1) is 0 Å². The molecule has 2 aromatic carbocycles. The lowest BCUT2D eigenvalue weighted by Crippen LogP contribution is -2.37. The maximum Gasteiger partial charge on any atom is 0.243 e. The zero-order chi connectivity index (χ0) is 21.8. The number of anilines is 2. The maximum atomic E-state index is 12.7. The molecule has 7 heteroatoms. The summed E-state index contributed by atoms with van der Waals surface area (Å²) in [7, 11) is 1.66. The van der Waals surface area contributed by atoms with Crippen molar-refractivity contribution in [3.05, 3.63) is 60.3 Å². The van der Waals surface area contributed by atoms with Crippen LogP contribution in [0.2, 0.25) is 0 Å². The molecule has 31 heavy (non-hydrogen) atoms. The molecule has 4 rings (SSSR count). The van der Waals surface area contributed by atoms with Gasteiger partial charge in [0.05, 0.1) is 19.8 Å². The van der Waals surface area contributed by atoms with E-state index in [-0.39, 0.29) is 24.9 Å². The van der Waals surface area contributed by atoms with Crippen molar-refractivity contribution in [3.63, 3.8) is 0 Å². The largest absolute Gasteiger partial charge is 0.378 e. The number of nitrogens with zero attached hydrogens (tertiary/aromatic N) is 3. The quantitative estimate of drug-likeness (QED) is 0.666. The molecule has 0 saturated carbocycles. The molecule has 0 bridgehead atoms. The molecule has 2 amide bonds. The third-order valence-corrected chi connectivity index (χ3v) is 5.64. The van der Waals surface area contributed by atoms with E-state index in [0.29, 0.717) is 0 Å². The van der Waals surface area contributed by atoms with Crippen LogP contribution in [0.5, 0.6) is 0 Å². The van der Waals surface area contributed by atoms with E-state index < -0.39 is 0 Å². The number of aromatic nitrogens is 1. The Balaban J connectivity index is 1.32. The smallest absolute Gasteiger partial charge is 0.243 e. The number of hydrogen-bond donors (Lipinski definition) is 1. The topological polar surface area (TPSA) is 66.8 Å². The van der Waals surface area contributed by atoms with E-state index in [1.165, 1.54) is 4.90 Å². The highest BCUT2D eigenvalue weighted by atomic mass is 16.5. The minimum absolute atomic E-state index is 0.00228. The standard InChI is InChI=1S/C24H28N4O3/c1-18-15-19-5-3-4-6-22(19)28(18)17-24(30)26(2)16-23(29)25-20-7-9-21(10-8-20)27-11-13-31-14-12-27/h3-10,15H,11-14,16-17H2,1-2H3,(H,25,29). The highest BCUT2D eigenvalue weighted by molar-refractivity contribution is 5.94. The van der Waals surface area contributed by atoms with Crippen molar-refractivity contribution >= 4 is 34.1 Å². The van der Waals surface area contributed by atoms with Gasteiger partial charge in [0, 0.05) is 42.7 Å². The van der Waals surface area contributed by atoms with Gasteiger partial charge in [-0.3, -0.25) is 9.59 Å². The minimum atomic E-state index is -0.218. The fourth-order valence-corrected chi connectivity index (χ4v) is 3.90. The van der Waals surface area contributed by atoms with E-state index in [1.54, 1.807) is 7.05 Å². The molecule has 3 aromatic rings. The van der Waals surface area contributed by atoms with Crippen molar-refractivity contribution < 1.29 is 14.3 Å². The van der Waals surface area contributed by atoms with Crippen LogP contribution in [-0.2, 0) is 20.9 Å². The van der Waals surface area contributed by atoms with Gasteiger partial charge >= 0.3 is 0 Å². The number of para-hydroxylation sites is 1. The Labute approximate surface area is 182 Å². The van der Waals surface area contributed by atoms with Crippen LogP contribution in [0.4, 0.5) is 11.4 Å². The van der Waals surface area contributed by atoms with Crippen LogP contribution in [0.3, 0.4) is 0 Å². The number of aryl methyl sites for hydroxylation is 1. The van der Waals surface area contributed by atoms with Crippen LogP contribution >= 0.6 is 0 Å². The van der Waals surface area contributed by atoms with Gasteiger partial charge in [-0.25, -0.2) is 0 Å². The molecule has 0 spiro atoms. The fourth-order valence-electron chi connectivity index (χ4n) is 3.90. The lowest BCUT2D eigenvalue weighted by atomic mass is 10.2. The van der Waals surface area contributed by atoms with Crippen molar-refractivity contribution in [3.8, 4) is 0 Å². The first-order valence-corrected chi connectivity index (χ1v) is 10.5. The molecule has 1 aliphatic rings. The average molecular weight is 421 g/mol. The Morgan fingerprint density at radius 1 is 1.06 bits per heavy atom. The molecule has 0 radical (unpaired) electrons. The molecule has 7 nitrogen and oxygen atoms in total. The molecule has 1 saturated heterocycles. The minimum Gasteiger partial charge on any atom is -0.378 e. The third-order valence-electron chi connectivity index (χ3n) is 5.64. The number of amides is 2. The van der Waals surface area contributed by atoms with E-state index >= 15 is 0 Å². The van der Waals surface area contributed by atoms with E-state index in [1.807, 2.05) is 60.0 Å². The van der Waals surface area contributed by atoms with E-state index in [4.69, 9.17) is 4.74 Å². The van der Waals surface area contributed by atoms with Gasteiger partial charge in [0.15, 0.2) is 0 Å². The average Bonchev–Trinajstić information content (AvgIpc) is 3.09. The molecule has 0 atom stereocenters. The number of carbonyl (C=O) groups is 2. The predicted molar refractivity (Wildman–Crippen MR) is 122 cm³/mol. The van der Waals surface area contributed by atoms with Crippen molar-refractivity contribution in [1.29, 1.82) is 0 Å². The predicted octanol–water partition coefficient (Wildman–Crippen LogP) is 2.88. The molecule has 162 valence electrons. The van der Waals surface area contributed by atoms with Crippen molar-refractivity contribution in [2.24, 2.45) is 0 Å². The highest BCUT2D eigenvalue weighted by Crippen LogP contribution is 2.20. The summed E-state index contributed by atoms with van der Waals surface area (Å²) in [6, 6.07) is 17.8. The number of nitrogens with one attached hydrogen (secondary N) is 1. The van der Waals surface area contributed by atoms with Crippen LogP contribution in [0.15, 0.2) is 54.6 Å². The summed E-state index contributed by atoms with van der Waals surface area (Å²) in [5.74, 6) is -0.327. The number of morpholine rings is 1. The van der Waals surface area contributed by atoms with Crippen molar-refractivity contribution in [1.82, 2.24) is 9.47 Å². The van der Waals surface area contributed by atoms with Gasteiger partial charge in [-0.1, -0.05) is 18.2 Å². The van der Waals surface area contributed by atoms with Crippen LogP contribution in [-0.4, -0.2) is 61.2 Å². The number of benzene rings is 2. The molecule has 0 aliphatic carbocycles. The van der Waals surface area contributed by atoms with Gasteiger partial charge in [-0.05, 0) is 48.7 Å². The van der Waals surface area contributed by atoms with Gasteiger partial charge in [0.25, 0.3) is 0 Å². The van der Waals surface area contributed by atoms with Crippen molar-refractivity contribution in [2.45, 2.75) is 13.5 Å². The summed E-state index contributed by atoms with van der Waals surface area (Å²) >= 11 is 0. The third kappa shape index (κ3) is 4.88. The second-order valence-corrected chi connectivity index (χ2v) is 7.87. The molecule has 1 aromatic heterocycles. The number of fused-ring (bicyclic) bond motifs is 1. The first kappa shape index (κ1) is 20.9. The zero-order valence-corrected chi connectivity index (χ0v) is 18.0. The normalized spacial score (nSPS) is 13.9. The molecule has 1 aliphatic heterocycles. The SMILES string of the molecule is Cc1cc2ccccc2n1CC(=O)N(C)CC(=O)Nc1ccc(N2CCOCC2)cc1. The Morgan fingerprint density at radius 2 is 1.77 bits per heavy atom. The van der Waals surface area contributed by atoms with E-state index in [2.05, 4.69) is 16.3 Å². The van der Waals surface area contributed by atoms with Gasteiger partial charge in [0.1, 0.15) is 6.54 Å². The number of carbonyl (C=O) groups excluding carboxylic acids is 2. The van der Waals surface area contributed by atoms with Crippen LogP contribution in [0.25, 0.3) is 10.9 Å². The lowest BCUT2D eigenvalue weighted by molar-refractivity contribution is -0.133. The van der Waals surface area contributed by atoms with E-state index in [9.17, 15) is 9.59 Å². The number of rotatable bonds is 6. The summed E-state index contributed by atoms with van der Waals surface area (Å²) in [4.78, 5) is 28.9. The maximum absolute atomic E-state index is 12.7. The molecule has 0 unspecified atom stereocenters. The highest BCUT2D eigenvalue weighted by Gasteiger charge is 2.16. The Morgan fingerprint density at radius 3 is 2.52 bits per heavy atom. The van der Waals surface area contributed by atoms with Crippen LogP contribution in [0, 0.1) is 6.92 Å². The van der Waals surface area contributed by atoms with Gasteiger partial charge in [0.2, 0.25) is 11.8 Å². The molecular weight excluding hydrogens is 392 g/mol. The van der Waals surface area contributed by atoms with E-state index in [0.717, 1.165) is 54.3 Å². The molecule has 1 fully saturated rings. The second-order valence-electron chi connectivity index (χ2n) is 7.87. The molecule has 1 N–H and O–H groups in total. The Hall–Kier alpha value is -3.32. The lowest BCUT2D eigenvalue weighted by Gasteiger charge is -2.28. The summed E-state index contributed by atoms with van der Waals surface area (Å²) in [5.41, 5.74) is 3.87. The van der Waals surface area contributed by atoms with Gasteiger partial charge in [-0.2, -0.15) is 0 Å². The number of ether oxygens (including phenoxy) is 1. The fraction of sp³-hybridized carbons (Fsp3) is 0.333. The number of hydrogen-bond acceptors (Lipinski definition) is 4. The summed E-state index contributed by atoms with van der Waals surface area (Å²) in [6.45, 7) is 5.40. The second kappa shape index (κ2) is 9.22. The molecular formula is C24H28N4O3. The summed E-state index contributed by atoms with van der Waals surface area (Å²) < 4.78 is 7.36. The summed E-state index contributed by atoms with van der Waals surface area (Å²) in [5, 5.41) is 3.98. The zero-order valence-electron chi connectivity index (χ0n) is 18.0. The summed E-state index contributed by atoms with van der Waals surface area (Å²) in [6.07, 6.45) is 0. The van der Waals surface area contributed by atoms with Crippen LogP contribution in [0.1, 0.15) is 5.69 Å². The first-order valence-electron chi connectivity index (χ1n) is 10.5. The Bertz CT molecular complexity index is 1070. The van der Waals surface area contributed by atoms with Gasteiger partial charge < -0.3 is 24.4 Å². The first-order chi connectivity index (χ1) is 15.0. The van der Waals surface area contributed by atoms with Crippen molar-refractivity contribution in [2.75, 3.05) is 50.1 Å². The monoisotopic (exact) mass is 420 g/mol.